The fourth-order valence-corrected chi connectivity index (χ4v) is 4.00. The molecule has 0 aromatic heterocycles. The van der Waals surface area contributed by atoms with Crippen molar-refractivity contribution in [2.24, 2.45) is 0 Å². The number of halogens is 1. The third-order valence-electron chi connectivity index (χ3n) is 3.79. The van der Waals surface area contributed by atoms with Crippen LogP contribution in [0, 0.1) is 13.8 Å². The van der Waals surface area contributed by atoms with Crippen LogP contribution in [0.4, 0.5) is 0 Å². The molecular weight excluding hydrogens is 390 g/mol. The lowest BCUT2D eigenvalue weighted by atomic mass is 10.0. The molecule has 0 aliphatic heterocycles. The van der Waals surface area contributed by atoms with Gasteiger partial charge in [0, 0.05) is 12.1 Å². The highest BCUT2D eigenvalue weighted by Crippen LogP contribution is 2.20. The van der Waals surface area contributed by atoms with E-state index < -0.39 is 16.0 Å². The Bertz CT molecular complexity index is 956. The summed E-state index contributed by atoms with van der Waals surface area (Å²) in [4.78, 5) is 23.8. The smallest absolute Gasteiger partial charge is 0.307 e. The van der Waals surface area contributed by atoms with Crippen molar-refractivity contribution in [2.45, 2.75) is 25.2 Å². The number of carbonyl (C=O) groups excluding carboxylic acids is 2. The number of sulfonamides is 1. The van der Waals surface area contributed by atoms with Crippen molar-refractivity contribution < 1.29 is 22.7 Å². The summed E-state index contributed by atoms with van der Waals surface area (Å²) in [6, 6.07) is 11.4. The van der Waals surface area contributed by atoms with Gasteiger partial charge in [-0.05, 0) is 31.5 Å². The van der Waals surface area contributed by atoms with Crippen molar-refractivity contribution in [3.63, 3.8) is 0 Å². The van der Waals surface area contributed by atoms with Crippen molar-refractivity contribution in [1.82, 2.24) is 4.72 Å². The Morgan fingerprint density at radius 2 is 1.81 bits per heavy atom. The summed E-state index contributed by atoms with van der Waals surface area (Å²) in [6.07, 6.45) is -0.205. The molecule has 0 aliphatic carbocycles. The molecule has 0 spiro atoms. The molecule has 2 rings (SSSR count). The van der Waals surface area contributed by atoms with Gasteiger partial charge < -0.3 is 4.74 Å². The first kappa shape index (κ1) is 21.1. The van der Waals surface area contributed by atoms with Crippen LogP contribution in [0.25, 0.3) is 0 Å². The molecule has 0 fully saturated rings. The average molecular weight is 410 g/mol. The second-order valence-corrected chi connectivity index (χ2v) is 8.12. The van der Waals surface area contributed by atoms with Crippen molar-refractivity contribution in [3.05, 3.63) is 64.2 Å². The quantitative estimate of drug-likeness (QED) is 0.534. The number of hydrogen-bond donors (Lipinski definition) is 1. The van der Waals surface area contributed by atoms with Crippen molar-refractivity contribution in [1.29, 1.82) is 0 Å². The number of aryl methyl sites for hydroxylation is 2. The van der Waals surface area contributed by atoms with E-state index in [0.717, 1.165) is 11.1 Å². The Labute approximate surface area is 163 Å². The molecule has 2 aromatic rings. The molecule has 6 nitrogen and oxygen atoms in total. The minimum Gasteiger partial charge on any atom is -0.457 e. The van der Waals surface area contributed by atoms with Gasteiger partial charge in [0.15, 0.2) is 6.61 Å². The number of Topliss-reactive ketones (excluding diaryl/α,β-unsaturated/α-hetero) is 1. The molecular formula is C19H20ClNO5S. The normalized spacial score (nSPS) is 11.2. The standard InChI is InChI=1S/C19H20ClNO5S/c1-13-7-8-15(14(2)11-13)17(22)12-26-19(23)9-10-21-27(24,25)18-6-4-3-5-16(18)20/h3-8,11,21H,9-10,12H2,1-2H3. The molecule has 144 valence electrons. The molecule has 0 heterocycles. The minimum atomic E-state index is -3.83. The highest BCUT2D eigenvalue weighted by molar-refractivity contribution is 7.89. The topological polar surface area (TPSA) is 89.5 Å². The van der Waals surface area contributed by atoms with Crippen LogP contribution in [-0.4, -0.2) is 33.3 Å². The van der Waals surface area contributed by atoms with Gasteiger partial charge in [0.25, 0.3) is 0 Å². The molecule has 0 saturated heterocycles. The fraction of sp³-hybridized carbons (Fsp3) is 0.263. The van der Waals surface area contributed by atoms with Gasteiger partial charge in [0.2, 0.25) is 15.8 Å². The number of nitrogens with one attached hydrogen (secondary N) is 1. The Morgan fingerprint density at radius 3 is 2.48 bits per heavy atom. The lowest BCUT2D eigenvalue weighted by Crippen LogP contribution is -2.27. The number of ether oxygens (including phenoxy) is 1. The number of esters is 1. The highest BCUT2D eigenvalue weighted by atomic mass is 35.5. The second-order valence-electron chi connectivity index (χ2n) is 5.98. The van der Waals surface area contributed by atoms with Crippen molar-refractivity contribution >= 4 is 33.4 Å². The number of carbonyl (C=O) groups is 2. The summed E-state index contributed by atoms with van der Waals surface area (Å²) in [5.41, 5.74) is 2.34. The van der Waals surface area contributed by atoms with Gasteiger partial charge in [-0.3, -0.25) is 9.59 Å². The SMILES string of the molecule is Cc1ccc(C(=O)COC(=O)CCNS(=O)(=O)c2ccccc2Cl)c(C)c1. The summed E-state index contributed by atoms with van der Waals surface area (Å²) >= 11 is 5.87. The molecule has 2 aromatic carbocycles. The van der Waals surface area contributed by atoms with Crippen LogP contribution in [0.2, 0.25) is 5.02 Å². The van der Waals surface area contributed by atoms with Crippen LogP contribution < -0.4 is 4.72 Å². The zero-order valence-corrected chi connectivity index (χ0v) is 16.6. The summed E-state index contributed by atoms with van der Waals surface area (Å²) < 4.78 is 31.5. The van der Waals surface area contributed by atoms with E-state index in [2.05, 4.69) is 4.72 Å². The van der Waals surface area contributed by atoms with E-state index in [1.54, 1.807) is 18.2 Å². The Hall–Kier alpha value is -2.22. The summed E-state index contributed by atoms with van der Waals surface area (Å²) in [7, 11) is -3.83. The fourth-order valence-electron chi connectivity index (χ4n) is 2.45. The molecule has 0 atom stereocenters. The Balaban J connectivity index is 1.83. The molecule has 0 radical (unpaired) electrons. The van der Waals surface area contributed by atoms with Gasteiger partial charge in [0.1, 0.15) is 4.90 Å². The summed E-state index contributed by atoms with van der Waals surface area (Å²) in [5.74, 6) is -0.979. The predicted molar refractivity (Wildman–Crippen MR) is 102 cm³/mol. The van der Waals surface area contributed by atoms with Crippen molar-refractivity contribution in [3.8, 4) is 0 Å². The molecule has 0 unspecified atom stereocenters. The number of rotatable bonds is 8. The van der Waals surface area contributed by atoms with Gasteiger partial charge in [0.05, 0.1) is 11.4 Å². The van der Waals surface area contributed by atoms with Crippen LogP contribution in [0.15, 0.2) is 47.4 Å². The lowest BCUT2D eigenvalue weighted by Gasteiger charge is -2.09. The maximum atomic E-state index is 12.1. The van der Waals surface area contributed by atoms with E-state index in [9.17, 15) is 18.0 Å². The van der Waals surface area contributed by atoms with Crippen LogP contribution in [0.5, 0.6) is 0 Å². The molecule has 0 saturated carbocycles. The monoisotopic (exact) mass is 409 g/mol. The number of ketones is 1. The zero-order valence-electron chi connectivity index (χ0n) is 15.0. The number of hydrogen-bond acceptors (Lipinski definition) is 5. The van der Waals surface area contributed by atoms with Gasteiger partial charge in [-0.25, -0.2) is 13.1 Å². The Morgan fingerprint density at radius 1 is 1.11 bits per heavy atom. The van der Waals surface area contributed by atoms with Crippen LogP contribution in [0.1, 0.15) is 27.9 Å². The van der Waals surface area contributed by atoms with E-state index in [-0.39, 0.29) is 35.3 Å². The third kappa shape index (κ3) is 5.89. The predicted octanol–water partition coefficient (Wildman–Crippen LogP) is 3.05. The highest BCUT2D eigenvalue weighted by Gasteiger charge is 2.18. The van der Waals surface area contributed by atoms with E-state index in [4.69, 9.17) is 16.3 Å². The molecule has 27 heavy (non-hydrogen) atoms. The van der Waals surface area contributed by atoms with E-state index >= 15 is 0 Å². The molecule has 8 heteroatoms. The summed E-state index contributed by atoms with van der Waals surface area (Å²) in [5, 5.41) is 0.0895. The van der Waals surface area contributed by atoms with Gasteiger partial charge in [-0.15, -0.1) is 0 Å². The molecule has 0 aliphatic rings. The first-order valence-corrected chi connectivity index (χ1v) is 10.1. The lowest BCUT2D eigenvalue weighted by molar-refractivity contribution is -0.142. The maximum absolute atomic E-state index is 12.1. The van der Waals surface area contributed by atoms with Crippen LogP contribution in [-0.2, 0) is 19.6 Å². The number of benzene rings is 2. The molecule has 0 bridgehead atoms. The van der Waals surface area contributed by atoms with Crippen LogP contribution >= 0.6 is 11.6 Å². The largest absolute Gasteiger partial charge is 0.457 e. The minimum absolute atomic E-state index is 0.0648. The second kappa shape index (κ2) is 9.12. The van der Waals surface area contributed by atoms with E-state index in [0.29, 0.717) is 5.56 Å². The van der Waals surface area contributed by atoms with Gasteiger partial charge in [-0.1, -0.05) is 47.5 Å². The van der Waals surface area contributed by atoms with E-state index in [1.165, 1.54) is 12.1 Å². The van der Waals surface area contributed by atoms with Crippen molar-refractivity contribution in [2.75, 3.05) is 13.2 Å². The summed E-state index contributed by atoms with van der Waals surface area (Å²) in [6.45, 7) is 3.18. The third-order valence-corrected chi connectivity index (χ3v) is 5.75. The molecule has 0 amide bonds. The first-order valence-electron chi connectivity index (χ1n) is 8.21. The Kier molecular flexibility index (Phi) is 7.12. The van der Waals surface area contributed by atoms with Crippen LogP contribution in [0.3, 0.4) is 0 Å². The zero-order chi connectivity index (χ0) is 20.0. The first-order chi connectivity index (χ1) is 12.7. The van der Waals surface area contributed by atoms with E-state index in [1.807, 2.05) is 26.0 Å². The van der Waals surface area contributed by atoms with Gasteiger partial charge >= 0.3 is 5.97 Å². The average Bonchev–Trinajstić information content (AvgIpc) is 2.59. The molecule has 1 N–H and O–H groups in total. The van der Waals surface area contributed by atoms with Gasteiger partial charge in [-0.2, -0.15) is 0 Å². The maximum Gasteiger partial charge on any atom is 0.307 e.